The summed E-state index contributed by atoms with van der Waals surface area (Å²) in [6.45, 7) is 3.17. The Morgan fingerprint density at radius 3 is 2.70 bits per heavy atom. The summed E-state index contributed by atoms with van der Waals surface area (Å²) in [6.07, 6.45) is 4.07. The number of halogens is 1. The molecule has 7 nitrogen and oxygen atoms in total. The molecule has 2 rings (SSSR count). The molecule has 2 aromatic heterocycles. The van der Waals surface area contributed by atoms with Crippen molar-refractivity contribution in [3.8, 4) is 0 Å². The SMILES string of the molecule is CCNCc1cc(S(=O)(=O)Nc2cncnc2)c(Br)o1. The van der Waals surface area contributed by atoms with Gasteiger partial charge in [-0.3, -0.25) is 4.72 Å². The standard InChI is InChI=1S/C11H13BrN4O3S/c1-2-13-6-9-3-10(11(12)19-9)20(17,18)16-8-4-14-7-15-5-8/h3-5,7,13,16H,2,6H2,1H3. The van der Waals surface area contributed by atoms with Gasteiger partial charge in [0.25, 0.3) is 10.0 Å². The van der Waals surface area contributed by atoms with Crippen LogP contribution in [-0.4, -0.2) is 24.9 Å². The molecule has 0 saturated heterocycles. The monoisotopic (exact) mass is 360 g/mol. The fourth-order valence-corrected chi connectivity index (χ4v) is 3.51. The highest BCUT2D eigenvalue weighted by Gasteiger charge is 2.22. The van der Waals surface area contributed by atoms with E-state index in [2.05, 4.69) is 35.9 Å². The fourth-order valence-electron chi connectivity index (χ4n) is 1.48. The van der Waals surface area contributed by atoms with Gasteiger partial charge in [0.05, 0.1) is 24.6 Å². The molecule has 0 spiro atoms. The Hall–Kier alpha value is -1.45. The fraction of sp³-hybridized carbons (Fsp3) is 0.273. The predicted molar refractivity (Wildman–Crippen MR) is 76.6 cm³/mol. The van der Waals surface area contributed by atoms with Crippen molar-refractivity contribution in [2.45, 2.75) is 18.4 Å². The van der Waals surface area contributed by atoms with Crippen LogP contribution in [-0.2, 0) is 16.6 Å². The third-order valence-corrected chi connectivity index (χ3v) is 4.60. The van der Waals surface area contributed by atoms with Crippen molar-refractivity contribution in [2.24, 2.45) is 0 Å². The molecule has 0 atom stereocenters. The van der Waals surface area contributed by atoms with E-state index < -0.39 is 10.0 Å². The molecule has 0 unspecified atom stereocenters. The van der Waals surface area contributed by atoms with Crippen molar-refractivity contribution < 1.29 is 12.8 Å². The summed E-state index contributed by atoms with van der Waals surface area (Å²) in [6, 6.07) is 1.47. The zero-order chi connectivity index (χ0) is 14.6. The molecular weight excluding hydrogens is 348 g/mol. The van der Waals surface area contributed by atoms with Crippen molar-refractivity contribution in [1.29, 1.82) is 0 Å². The number of hydrogen-bond donors (Lipinski definition) is 2. The van der Waals surface area contributed by atoms with E-state index in [1.807, 2.05) is 6.92 Å². The predicted octanol–water partition coefficient (Wildman–Crippen LogP) is 1.74. The van der Waals surface area contributed by atoms with Gasteiger partial charge in [-0.05, 0) is 22.5 Å². The maximum absolute atomic E-state index is 12.2. The van der Waals surface area contributed by atoms with E-state index in [1.54, 1.807) is 0 Å². The van der Waals surface area contributed by atoms with E-state index in [-0.39, 0.29) is 15.3 Å². The maximum Gasteiger partial charge on any atom is 0.266 e. The zero-order valence-electron chi connectivity index (χ0n) is 10.6. The van der Waals surface area contributed by atoms with Crippen molar-refractivity contribution in [1.82, 2.24) is 15.3 Å². The van der Waals surface area contributed by atoms with Crippen LogP contribution in [0.5, 0.6) is 0 Å². The average Bonchev–Trinajstić information content (AvgIpc) is 2.79. The highest BCUT2D eigenvalue weighted by Crippen LogP contribution is 2.27. The first kappa shape index (κ1) is 14.9. The summed E-state index contributed by atoms with van der Waals surface area (Å²) >= 11 is 3.11. The van der Waals surface area contributed by atoms with Crippen LogP contribution in [0, 0.1) is 0 Å². The Bertz CT molecular complexity index is 672. The Labute approximate surface area is 125 Å². The molecule has 108 valence electrons. The van der Waals surface area contributed by atoms with E-state index in [9.17, 15) is 8.42 Å². The molecule has 2 N–H and O–H groups in total. The quantitative estimate of drug-likeness (QED) is 0.814. The molecule has 0 amide bonds. The lowest BCUT2D eigenvalue weighted by Gasteiger charge is -2.04. The van der Waals surface area contributed by atoms with Gasteiger partial charge in [0.1, 0.15) is 17.0 Å². The summed E-state index contributed by atoms with van der Waals surface area (Å²) in [5.74, 6) is 0.531. The van der Waals surface area contributed by atoms with Crippen molar-refractivity contribution in [3.05, 3.63) is 35.2 Å². The minimum atomic E-state index is -3.75. The number of aromatic nitrogens is 2. The van der Waals surface area contributed by atoms with Gasteiger partial charge in [0.2, 0.25) is 0 Å². The van der Waals surface area contributed by atoms with Gasteiger partial charge in [-0.2, -0.15) is 0 Å². The summed E-state index contributed by atoms with van der Waals surface area (Å²) in [7, 11) is -3.75. The summed E-state index contributed by atoms with van der Waals surface area (Å²) in [4.78, 5) is 7.53. The second-order valence-electron chi connectivity index (χ2n) is 3.86. The van der Waals surface area contributed by atoms with Crippen LogP contribution in [0.4, 0.5) is 5.69 Å². The number of sulfonamides is 1. The Balaban J connectivity index is 2.23. The van der Waals surface area contributed by atoms with E-state index >= 15 is 0 Å². The highest BCUT2D eigenvalue weighted by atomic mass is 79.9. The average molecular weight is 361 g/mol. The first-order valence-corrected chi connectivity index (χ1v) is 8.07. The lowest BCUT2D eigenvalue weighted by Crippen LogP contribution is -2.13. The highest BCUT2D eigenvalue weighted by molar-refractivity contribution is 9.10. The second kappa shape index (κ2) is 6.33. The minimum absolute atomic E-state index is 0.0363. The molecule has 0 radical (unpaired) electrons. The van der Waals surface area contributed by atoms with E-state index in [0.29, 0.717) is 12.3 Å². The van der Waals surface area contributed by atoms with Gasteiger partial charge < -0.3 is 9.73 Å². The first-order chi connectivity index (χ1) is 9.53. The summed E-state index contributed by atoms with van der Waals surface area (Å²) in [5.41, 5.74) is 0.286. The Morgan fingerprint density at radius 1 is 1.35 bits per heavy atom. The van der Waals surface area contributed by atoms with Crippen LogP contribution in [0.3, 0.4) is 0 Å². The van der Waals surface area contributed by atoms with Crippen LogP contribution < -0.4 is 10.0 Å². The number of furan rings is 1. The number of anilines is 1. The first-order valence-electron chi connectivity index (χ1n) is 5.79. The van der Waals surface area contributed by atoms with E-state index in [0.717, 1.165) is 6.54 Å². The molecule has 0 saturated carbocycles. The Morgan fingerprint density at radius 2 is 2.05 bits per heavy atom. The van der Waals surface area contributed by atoms with Crippen LogP contribution in [0.25, 0.3) is 0 Å². The van der Waals surface area contributed by atoms with Crippen molar-refractivity contribution >= 4 is 31.6 Å². The minimum Gasteiger partial charge on any atom is -0.451 e. The van der Waals surface area contributed by atoms with Gasteiger partial charge in [-0.1, -0.05) is 6.92 Å². The molecule has 0 aromatic carbocycles. The number of nitrogens with one attached hydrogen (secondary N) is 2. The van der Waals surface area contributed by atoms with E-state index in [4.69, 9.17) is 4.42 Å². The summed E-state index contributed by atoms with van der Waals surface area (Å²) < 4.78 is 32.4. The number of hydrogen-bond acceptors (Lipinski definition) is 6. The topological polar surface area (TPSA) is 97.1 Å². The van der Waals surface area contributed by atoms with Crippen molar-refractivity contribution in [2.75, 3.05) is 11.3 Å². The molecule has 0 fully saturated rings. The molecule has 2 heterocycles. The van der Waals surface area contributed by atoms with Gasteiger partial charge >= 0.3 is 0 Å². The molecule has 9 heteroatoms. The molecular formula is C11H13BrN4O3S. The van der Waals surface area contributed by atoms with Crippen LogP contribution in [0.2, 0.25) is 0 Å². The third kappa shape index (κ3) is 3.56. The zero-order valence-corrected chi connectivity index (χ0v) is 13.0. The molecule has 2 aromatic rings. The molecule has 20 heavy (non-hydrogen) atoms. The molecule has 0 bridgehead atoms. The largest absolute Gasteiger partial charge is 0.451 e. The molecule has 0 aliphatic carbocycles. The lowest BCUT2D eigenvalue weighted by molar-refractivity contribution is 0.464. The van der Waals surface area contributed by atoms with Gasteiger partial charge in [0.15, 0.2) is 4.67 Å². The van der Waals surface area contributed by atoms with E-state index in [1.165, 1.54) is 24.8 Å². The van der Waals surface area contributed by atoms with Gasteiger partial charge in [-0.25, -0.2) is 18.4 Å². The molecule has 0 aliphatic rings. The van der Waals surface area contributed by atoms with Gasteiger partial charge in [0, 0.05) is 6.07 Å². The molecule has 0 aliphatic heterocycles. The Kier molecular flexibility index (Phi) is 4.73. The van der Waals surface area contributed by atoms with Gasteiger partial charge in [-0.15, -0.1) is 0 Å². The summed E-state index contributed by atoms with van der Waals surface area (Å²) in [5, 5.41) is 3.06. The van der Waals surface area contributed by atoms with Crippen LogP contribution in [0.15, 0.2) is 38.8 Å². The van der Waals surface area contributed by atoms with Crippen molar-refractivity contribution in [3.63, 3.8) is 0 Å². The smallest absolute Gasteiger partial charge is 0.266 e. The second-order valence-corrected chi connectivity index (χ2v) is 6.23. The maximum atomic E-state index is 12.2. The van der Waals surface area contributed by atoms with Crippen LogP contribution >= 0.6 is 15.9 Å². The third-order valence-electron chi connectivity index (χ3n) is 2.36. The normalized spacial score (nSPS) is 11.5. The van der Waals surface area contributed by atoms with Crippen LogP contribution in [0.1, 0.15) is 12.7 Å². The number of rotatable bonds is 6. The number of nitrogens with zero attached hydrogens (tertiary/aromatic N) is 2. The lowest BCUT2D eigenvalue weighted by atomic mass is 10.4.